The third-order valence-corrected chi connectivity index (χ3v) is 4.69. The number of hydrogen-bond donors (Lipinski definition) is 1. The lowest BCUT2D eigenvalue weighted by molar-refractivity contribution is 0.404. The van der Waals surface area contributed by atoms with Gasteiger partial charge in [0.1, 0.15) is 5.75 Å². The predicted octanol–water partition coefficient (Wildman–Crippen LogP) is 4.47. The molecule has 1 atom stereocenters. The number of methoxy groups -OCH3 is 1. The van der Waals surface area contributed by atoms with Crippen molar-refractivity contribution in [1.29, 1.82) is 0 Å². The van der Waals surface area contributed by atoms with Crippen molar-refractivity contribution in [3.8, 4) is 5.75 Å². The van der Waals surface area contributed by atoms with Gasteiger partial charge in [-0.2, -0.15) is 0 Å². The van der Waals surface area contributed by atoms with Crippen LogP contribution in [0.15, 0.2) is 41.3 Å². The zero-order chi connectivity index (χ0) is 15.4. The van der Waals surface area contributed by atoms with Gasteiger partial charge in [0.25, 0.3) is 0 Å². The van der Waals surface area contributed by atoms with Crippen molar-refractivity contribution < 1.29 is 4.74 Å². The number of hydrogen-bond acceptors (Lipinski definition) is 3. The van der Waals surface area contributed by atoms with Gasteiger partial charge in [-0.05, 0) is 48.4 Å². The van der Waals surface area contributed by atoms with Crippen LogP contribution in [0.5, 0.6) is 5.75 Å². The monoisotopic (exact) mass is 301 g/mol. The molecule has 2 aromatic rings. The summed E-state index contributed by atoms with van der Waals surface area (Å²) < 4.78 is 5.58. The first kappa shape index (κ1) is 15.9. The van der Waals surface area contributed by atoms with E-state index < -0.39 is 0 Å². The van der Waals surface area contributed by atoms with Crippen LogP contribution in [-0.4, -0.2) is 12.9 Å². The van der Waals surface area contributed by atoms with Crippen LogP contribution in [0.25, 0.3) is 0 Å². The number of benzene rings is 2. The fraction of sp³-hybridized carbons (Fsp3) is 0.333. The number of ether oxygens (including phenoxy) is 1. The molecule has 0 aromatic heterocycles. The van der Waals surface area contributed by atoms with Crippen LogP contribution in [0.3, 0.4) is 0 Å². The van der Waals surface area contributed by atoms with E-state index in [1.165, 1.54) is 10.5 Å². The molecule has 0 saturated carbocycles. The normalized spacial score (nSPS) is 12.2. The summed E-state index contributed by atoms with van der Waals surface area (Å²) in [5.41, 5.74) is 11.0. The van der Waals surface area contributed by atoms with Crippen molar-refractivity contribution in [2.75, 3.05) is 12.9 Å². The molecule has 21 heavy (non-hydrogen) atoms. The van der Waals surface area contributed by atoms with Crippen molar-refractivity contribution in [3.63, 3.8) is 0 Å². The van der Waals surface area contributed by atoms with Gasteiger partial charge in [-0.3, -0.25) is 0 Å². The smallest absolute Gasteiger partial charge is 0.127 e. The van der Waals surface area contributed by atoms with Crippen LogP contribution in [0.4, 0.5) is 0 Å². The molecule has 2 aromatic carbocycles. The van der Waals surface area contributed by atoms with Crippen LogP contribution in [-0.2, 0) is 0 Å². The predicted molar refractivity (Wildman–Crippen MR) is 91.3 cm³/mol. The summed E-state index contributed by atoms with van der Waals surface area (Å²) in [5, 5.41) is 0. The van der Waals surface area contributed by atoms with Crippen molar-refractivity contribution in [3.05, 3.63) is 58.7 Å². The van der Waals surface area contributed by atoms with E-state index in [4.69, 9.17) is 10.5 Å². The minimum absolute atomic E-state index is 0.167. The Hall–Kier alpha value is -1.45. The number of nitrogens with two attached hydrogens (primary N) is 1. The first-order valence-corrected chi connectivity index (χ1v) is 8.19. The summed E-state index contributed by atoms with van der Waals surface area (Å²) in [5.74, 6) is 1.98. The zero-order valence-electron chi connectivity index (χ0n) is 13.1. The molecule has 0 amide bonds. The Balaban J connectivity index is 2.35. The van der Waals surface area contributed by atoms with Crippen LogP contribution < -0.4 is 10.5 Å². The maximum Gasteiger partial charge on any atom is 0.127 e. The summed E-state index contributed by atoms with van der Waals surface area (Å²) in [4.78, 5) is 1.28. The second kappa shape index (κ2) is 7.01. The van der Waals surface area contributed by atoms with E-state index in [0.717, 1.165) is 28.2 Å². The molecule has 0 spiro atoms. The highest BCUT2D eigenvalue weighted by atomic mass is 32.2. The molecular weight excluding hydrogens is 278 g/mol. The lowest BCUT2D eigenvalue weighted by atomic mass is 9.95. The van der Waals surface area contributed by atoms with E-state index in [2.05, 4.69) is 57.2 Å². The fourth-order valence-electron chi connectivity index (χ4n) is 2.44. The van der Waals surface area contributed by atoms with E-state index >= 15 is 0 Å². The SMILES string of the molecule is CCSc1ccc(C(N)c2ccc(C)c(C)c2OC)cc1. The molecule has 2 N–H and O–H groups in total. The summed E-state index contributed by atoms with van der Waals surface area (Å²) in [7, 11) is 1.71. The minimum Gasteiger partial charge on any atom is -0.496 e. The van der Waals surface area contributed by atoms with Crippen molar-refractivity contribution in [2.24, 2.45) is 5.73 Å². The average molecular weight is 301 g/mol. The van der Waals surface area contributed by atoms with Crippen LogP contribution >= 0.6 is 11.8 Å². The lowest BCUT2D eigenvalue weighted by Crippen LogP contribution is -2.14. The third kappa shape index (κ3) is 3.42. The van der Waals surface area contributed by atoms with Crippen molar-refractivity contribution >= 4 is 11.8 Å². The molecule has 0 fully saturated rings. The molecule has 0 saturated heterocycles. The summed E-state index contributed by atoms with van der Waals surface area (Å²) >= 11 is 1.84. The first-order chi connectivity index (χ1) is 10.1. The third-order valence-electron chi connectivity index (χ3n) is 3.80. The molecule has 0 radical (unpaired) electrons. The number of rotatable bonds is 5. The highest BCUT2D eigenvalue weighted by molar-refractivity contribution is 7.99. The van der Waals surface area contributed by atoms with Gasteiger partial charge in [0.15, 0.2) is 0 Å². The topological polar surface area (TPSA) is 35.2 Å². The maximum absolute atomic E-state index is 6.45. The molecule has 3 heteroatoms. The number of aryl methyl sites for hydroxylation is 1. The lowest BCUT2D eigenvalue weighted by Gasteiger charge is -2.19. The second-order valence-electron chi connectivity index (χ2n) is 5.11. The van der Waals surface area contributed by atoms with Crippen LogP contribution in [0.2, 0.25) is 0 Å². The Kier molecular flexibility index (Phi) is 5.32. The molecule has 112 valence electrons. The van der Waals surface area contributed by atoms with E-state index in [-0.39, 0.29) is 6.04 Å². The molecule has 1 unspecified atom stereocenters. The first-order valence-electron chi connectivity index (χ1n) is 7.21. The van der Waals surface area contributed by atoms with Gasteiger partial charge in [-0.1, -0.05) is 31.2 Å². The number of thioether (sulfide) groups is 1. The quantitative estimate of drug-likeness (QED) is 0.827. The summed E-state index contributed by atoms with van der Waals surface area (Å²) in [6.45, 7) is 6.32. The Labute approximate surface area is 131 Å². The summed E-state index contributed by atoms with van der Waals surface area (Å²) in [6.07, 6.45) is 0. The second-order valence-corrected chi connectivity index (χ2v) is 6.45. The molecule has 0 heterocycles. The molecule has 2 nitrogen and oxygen atoms in total. The zero-order valence-corrected chi connectivity index (χ0v) is 14.0. The average Bonchev–Trinajstić information content (AvgIpc) is 2.50. The van der Waals surface area contributed by atoms with Crippen molar-refractivity contribution in [2.45, 2.75) is 31.7 Å². The Morgan fingerprint density at radius 1 is 1.10 bits per heavy atom. The van der Waals surface area contributed by atoms with Gasteiger partial charge in [0.05, 0.1) is 13.2 Å². The summed E-state index contributed by atoms with van der Waals surface area (Å²) in [6, 6.07) is 12.5. The Bertz CT molecular complexity index is 607. The molecule has 0 aliphatic carbocycles. The van der Waals surface area contributed by atoms with Gasteiger partial charge in [-0.25, -0.2) is 0 Å². The highest BCUT2D eigenvalue weighted by Crippen LogP contribution is 2.33. The molecule has 0 bridgehead atoms. The Morgan fingerprint density at radius 2 is 1.76 bits per heavy atom. The van der Waals surface area contributed by atoms with Crippen LogP contribution in [0, 0.1) is 13.8 Å². The van der Waals surface area contributed by atoms with Gasteiger partial charge >= 0.3 is 0 Å². The largest absolute Gasteiger partial charge is 0.496 e. The van der Waals surface area contributed by atoms with Crippen LogP contribution in [0.1, 0.15) is 35.2 Å². The van der Waals surface area contributed by atoms with E-state index in [1.54, 1.807) is 7.11 Å². The van der Waals surface area contributed by atoms with E-state index in [1.807, 2.05) is 11.8 Å². The van der Waals surface area contributed by atoms with Crippen molar-refractivity contribution in [1.82, 2.24) is 0 Å². The molecule has 2 rings (SSSR count). The highest BCUT2D eigenvalue weighted by Gasteiger charge is 2.16. The molecular formula is C18H23NOS. The maximum atomic E-state index is 6.45. The standard InChI is InChI=1S/C18H23NOS/c1-5-21-15-9-7-14(8-10-15)17(19)16-11-6-12(2)13(3)18(16)20-4/h6-11,17H,5,19H2,1-4H3. The van der Waals surface area contributed by atoms with E-state index in [9.17, 15) is 0 Å². The van der Waals surface area contributed by atoms with Gasteiger partial charge in [0, 0.05) is 10.5 Å². The minimum atomic E-state index is -0.167. The molecule has 0 aliphatic rings. The van der Waals surface area contributed by atoms with Gasteiger partial charge in [0.2, 0.25) is 0 Å². The van der Waals surface area contributed by atoms with E-state index in [0.29, 0.717) is 0 Å². The van der Waals surface area contributed by atoms with Gasteiger partial charge in [-0.15, -0.1) is 11.8 Å². The fourth-order valence-corrected chi connectivity index (χ4v) is 3.11. The Morgan fingerprint density at radius 3 is 2.33 bits per heavy atom. The van der Waals surface area contributed by atoms with Gasteiger partial charge < -0.3 is 10.5 Å². The molecule has 0 aliphatic heterocycles.